The minimum absolute atomic E-state index is 0.0311. The first kappa shape index (κ1) is 14.8. The molecular formula is C13H18N2O4. The van der Waals surface area contributed by atoms with Crippen LogP contribution in [-0.2, 0) is 9.53 Å². The highest BCUT2D eigenvalue weighted by molar-refractivity contribution is 5.93. The predicted molar refractivity (Wildman–Crippen MR) is 71.0 cm³/mol. The molecule has 1 aromatic rings. The number of nitrogens with two attached hydrogens (primary N) is 1. The van der Waals surface area contributed by atoms with Gasteiger partial charge in [-0.05, 0) is 12.1 Å². The Labute approximate surface area is 112 Å². The Kier molecular flexibility index (Phi) is 5.17. The van der Waals surface area contributed by atoms with Gasteiger partial charge in [-0.1, -0.05) is 0 Å². The number of nitrogens with zero attached hydrogens (tertiary/aromatic N) is 1. The number of rotatable bonds is 5. The predicted octanol–water partition coefficient (Wildman–Crippen LogP) is 0.912. The number of nitrogen functional groups attached to an aromatic ring is 1. The molecule has 104 valence electrons. The second kappa shape index (κ2) is 6.63. The molecule has 0 saturated carbocycles. The molecule has 0 aliphatic rings. The minimum atomic E-state index is -0.539. The molecule has 0 atom stereocenters. The van der Waals surface area contributed by atoms with E-state index in [1.165, 1.54) is 18.1 Å². The van der Waals surface area contributed by atoms with Gasteiger partial charge in [0.05, 0.1) is 13.5 Å². The molecule has 0 fully saturated rings. The van der Waals surface area contributed by atoms with Crippen molar-refractivity contribution in [2.75, 3.05) is 33.5 Å². The van der Waals surface area contributed by atoms with Gasteiger partial charge in [0.1, 0.15) is 17.9 Å². The number of anilines is 1. The van der Waals surface area contributed by atoms with E-state index < -0.39 is 5.97 Å². The Balaban J connectivity index is 2.61. The van der Waals surface area contributed by atoms with Gasteiger partial charge in [0, 0.05) is 25.8 Å². The average Bonchev–Trinajstić information content (AvgIpc) is 2.37. The van der Waals surface area contributed by atoms with Crippen molar-refractivity contribution in [1.29, 1.82) is 0 Å². The fourth-order valence-corrected chi connectivity index (χ4v) is 1.41. The van der Waals surface area contributed by atoms with Gasteiger partial charge in [-0.3, -0.25) is 4.79 Å². The maximum Gasteiger partial charge on any atom is 0.341 e. The lowest BCUT2D eigenvalue weighted by Crippen LogP contribution is -2.23. The van der Waals surface area contributed by atoms with Crippen LogP contribution in [0.5, 0.6) is 5.75 Å². The molecule has 0 spiro atoms. The molecule has 0 aliphatic carbocycles. The number of hydrogen-bond acceptors (Lipinski definition) is 5. The number of methoxy groups -OCH3 is 1. The van der Waals surface area contributed by atoms with Crippen LogP contribution in [0.15, 0.2) is 18.2 Å². The second-order valence-electron chi connectivity index (χ2n) is 4.13. The molecule has 0 aliphatic heterocycles. The summed E-state index contributed by atoms with van der Waals surface area (Å²) in [6.45, 7) is 0.0311. The van der Waals surface area contributed by atoms with Crippen molar-refractivity contribution < 1.29 is 19.1 Å². The Morgan fingerprint density at radius 3 is 2.58 bits per heavy atom. The summed E-state index contributed by atoms with van der Waals surface area (Å²) in [4.78, 5) is 24.6. The highest BCUT2D eigenvalue weighted by atomic mass is 16.5. The first-order chi connectivity index (χ1) is 8.95. The standard InChI is InChI=1S/C13H18N2O4/c1-15(2)12(16)6-7-19-13(17)10-5-4-9(14)8-11(10)18-3/h4-5,8H,6-7,14H2,1-3H3. The average molecular weight is 266 g/mol. The number of hydrogen-bond donors (Lipinski definition) is 1. The van der Waals surface area contributed by atoms with E-state index >= 15 is 0 Å². The normalized spacial score (nSPS) is 9.84. The third-order valence-electron chi connectivity index (χ3n) is 2.49. The molecule has 0 unspecified atom stereocenters. The first-order valence-electron chi connectivity index (χ1n) is 5.76. The van der Waals surface area contributed by atoms with Crippen molar-refractivity contribution in [3.8, 4) is 5.75 Å². The van der Waals surface area contributed by atoms with Crippen molar-refractivity contribution in [3.05, 3.63) is 23.8 Å². The van der Waals surface area contributed by atoms with Gasteiger partial charge in [-0.15, -0.1) is 0 Å². The molecule has 1 amide bonds. The van der Waals surface area contributed by atoms with E-state index in [9.17, 15) is 9.59 Å². The van der Waals surface area contributed by atoms with Crippen LogP contribution in [0.4, 0.5) is 5.69 Å². The number of esters is 1. The van der Waals surface area contributed by atoms with Crippen LogP contribution >= 0.6 is 0 Å². The van der Waals surface area contributed by atoms with Gasteiger partial charge in [0.25, 0.3) is 0 Å². The van der Waals surface area contributed by atoms with Gasteiger partial charge in [0.15, 0.2) is 0 Å². The van der Waals surface area contributed by atoms with Crippen LogP contribution in [0.3, 0.4) is 0 Å². The van der Waals surface area contributed by atoms with Gasteiger partial charge < -0.3 is 20.1 Å². The van der Waals surface area contributed by atoms with Crippen molar-refractivity contribution in [1.82, 2.24) is 4.90 Å². The summed E-state index contributed by atoms with van der Waals surface area (Å²) in [6.07, 6.45) is 0.149. The molecule has 1 rings (SSSR count). The van der Waals surface area contributed by atoms with Gasteiger partial charge in [-0.25, -0.2) is 4.79 Å². The molecule has 0 bridgehead atoms. The first-order valence-corrected chi connectivity index (χ1v) is 5.76. The molecule has 0 radical (unpaired) electrons. The molecule has 19 heavy (non-hydrogen) atoms. The van der Waals surface area contributed by atoms with Crippen molar-refractivity contribution in [3.63, 3.8) is 0 Å². The van der Waals surface area contributed by atoms with Crippen molar-refractivity contribution >= 4 is 17.6 Å². The molecule has 0 saturated heterocycles. The molecule has 0 aromatic heterocycles. The molecule has 6 nitrogen and oxygen atoms in total. The van der Waals surface area contributed by atoms with E-state index in [2.05, 4.69) is 0 Å². The maximum atomic E-state index is 11.8. The summed E-state index contributed by atoms with van der Waals surface area (Å²) in [7, 11) is 4.74. The highest BCUT2D eigenvalue weighted by Gasteiger charge is 2.14. The summed E-state index contributed by atoms with van der Waals surface area (Å²) in [5, 5.41) is 0. The number of amides is 1. The molecule has 0 heterocycles. The smallest absolute Gasteiger partial charge is 0.341 e. The van der Waals surface area contributed by atoms with E-state index in [0.29, 0.717) is 11.4 Å². The van der Waals surface area contributed by atoms with E-state index in [1.807, 2.05) is 0 Å². The summed E-state index contributed by atoms with van der Waals surface area (Å²) in [6, 6.07) is 4.66. The Bertz CT molecular complexity index is 472. The SMILES string of the molecule is COc1cc(N)ccc1C(=O)OCCC(=O)N(C)C. The zero-order valence-electron chi connectivity index (χ0n) is 11.3. The van der Waals surface area contributed by atoms with Gasteiger partial charge in [0.2, 0.25) is 5.91 Å². The number of ether oxygens (including phenoxy) is 2. The summed E-state index contributed by atoms with van der Waals surface area (Å²) in [5.74, 6) is -0.288. The third-order valence-corrected chi connectivity index (χ3v) is 2.49. The van der Waals surface area contributed by atoms with Crippen molar-refractivity contribution in [2.45, 2.75) is 6.42 Å². The lowest BCUT2D eigenvalue weighted by atomic mass is 10.2. The Morgan fingerprint density at radius 1 is 1.32 bits per heavy atom. The highest BCUT2D eigenvalue weighted by Crippen LogP contribution is 2.22. The topological polar surface area (TPSA) is 81.9 Å². The molecule has 2 N–H and O–H groups in total. The molecule has 1 aromatic carbocycles. The zero-order chi connectivity index (χ0) is 14.4. The van der Waals surface area contributed by atoms with Crippen LogP contribution in [-0.4, -0.2) is 44.6 Å². The number of benzene rings is 1. The van der Waals surface area contributed by atoms with E-state index in [0.717, 1.165) is 0 Å². The van der Waals surface area contributed by atoms with Crippen LogP contribution in [0.1, 0.15) is 16.8 Å². The van der Waals surface area contributed by atoms with Crippen LogP contribution < -0.4 is 10.5 Å². The second-order valence-corrected chi connectivity index (χ2v) is 4.13. The zero-order valence-corrected chi connectivity index (χ0v) is 11.3. The Morgan fingerprint density at radius 2 is 2.00 bits per heavy atom. The fraction of sp³-hybridized carbons (Fsp3) is 0.385. The number of carbonyl (C=O) groups excluding carboxylic acids is 2. The lowest BCUT2D eigenvalue weighted by Gasteiger charge is -2.11. The van der Waals surface area contributed by atoms with E-state index in [-0.39, 0.29) is 24.5 Å². The van der Waals surface area contributed by atoms with Crippen LogP contribution in [0.2, 0.25) is 0 Å². The largest absolute Gasteiger partial charge is 0.496 e. The van der Waals surface area contributed by atoms with Gasteiger partial charge >= 0.3 is 5.97 Å². The van der Waals surface area contributed by atoms with Gasteiger partial charge in [-0.2, -0.15) is 0 Å². The maximum absolute atomic E-state index is 11.8. The summed E-state index contributed by atoms with van der Waals surface area (Å²) in [5.41, 5.74) is 6.38. The van der Waals surface area contributed by atoms with E-state index in [1.54, 1.807) is 26.2 Å². The lowest BCUT2D eigenvalue weighted by molar-refractivity contribution is -0.129. The third kappa shape index (κ3) is 4.17. The quantitative estimate of drug-likeness (QED) is 0.633. The van der Waals surface area contributed by atoms with Crippen LogP contribution in [0.25, 0.3) is 0 Å². The molecule has 6 heteroatoms. The molecular weight excluding hydrogens is 248 g/mol. The summed E-state index contributed by atoms with van der Waals surface area (Å²) < 4.78 is 10.1. The number of carbonyl (C=O) groups is 2. The summed E-state index contributed by atoms with van der Waals surface area (Å²) >= 11 is 0. The monoisotopic (exact) mass is 266 g/mol. The minimum Gasteiger partial charge on any atom is -0.496 e. The Hall–Kier alpha value is -2.24. The fourth-order valence-electron chi connectivity index (χ4n) is 1.41. The van der Waals surface area contributed by atoms with Crippen LogP contribution in [0, 0.1) is 0 Å². The van der Waals surface area contributed by atoms with Crippen molar-refractivity contribution in [2.24, 2.45) is 0 Å². The van der Waals surface area contributed by atoms with E-state index in [4.69, 9.17) is 15.2 Å².